The fourth-order valence-electron chi connectivity index (χ4n) is 2.34. The molecule has 1 aliphatic carbocycles. The van der Waals surface area contributed by atoms with Crippen molar-refractivity contribution in [1.82, 2.24) is 0 Å². The summed E-state index contributed by atoms with van der Waals surface area (Å²) in [4.78, 5) is 12.1. The number of aryl methyl sites for hydroxylation is 1. The van der Waals surface area contributed by atoms with Crippen LogP contribution in [0, 0.1) is 32.6 Å². The van der Waals surface area contributed by atoms with E-state index < -0.39 is 0 Å². The standard InChI is InChI=1S/C14H17O.Y/c1-8(2)12-7-13-10(4)9(3)5-6-11(13)14(12)15;/h5-6,8,12H,1,7H2,2-4H3;/q-1;. The molecule has 2 heteroatoms. The normalized spacial score (nSPS) is 20.2. The zero-order chi connectivity index (χ0) is 11.2. The van der Waals surface area contributed by atoms with E-state index in [0.29, 0.717) is 0 Å². The van der Waals surface area contributed by atoms with Gasteiger partial charge in [-0.15, -0.1) is 0 Å². The summed E-state index contributed by atoms with van der Waals surface area (Å²) in [5, 5.41) is 0. The van der Waals surface area contributed by atoms with Crippen LogP contribution in [-0.4, -0.2) is 5.78 Å². The summed E-state index contributed by atoms with van der Waals surface area (Å²) in [5.74, 6) is 0.584. The van der Waals surface area contributed by atoms with Gasteiger partial charge in [0.25, 0.3) is 0 Å². The Morgan fingerprint density at radius 3 is 2.56 bits per heavy atom. The molecule has 0 aliphatic heterocycles. The first-order valence-electron chi connectivity index (χ1n) is 5.48. The smallest absolute Gasteiger partial charge is 0.164 e. The maximum absolute atomic E-state index is 12.1. The molecule has 0 aromatic heterocycles. The molecule has 1 nitrogen and oxygen atoms in total. The summed E-state index contributed by atoms with van der Waals surface area (Å²) in [5.41, 5.74) is 4.74. The number of rotatable bonds is 1. The monoisotopic (exact) mass is 290 g/mol. The van der Waals surface area contributed by atoms with Crippen LogP contribution in [0.5, 0.6) is 0 Å². The summed E-state index contributed by atoms with van der Waals surface area (Å²) in [7, 11) is 0. The molecule has 0 bridgehead atoms. The van der Waals surface area contributed by atoms with Crippen molar-refractivity contribution in [2.75, 3.05) is 0 Å². The van der Waals surface area contributed by atoms with Crippen LogP contribution in [0.2, 0.25) is 0 Å². The van der Waals surface area contributed by atoms with Gasteiger partial charge in [-0.2, -0.15) is 5.92 Å². The number of ketones is 1. The maximum Gasteiger partial charge on any atom is 0.164 e. The first-order chi connectivity index (χ1) is 7.02. The Morgan fingerprint density at radius 2 is 2.00 bits per heavy atom. The zero-order valence-corrected chi connectivity index (χ0v) is 13.0. The second-order valence-corrected chi connectivity index (χ2v) is 4.69. The van der Waals surface area contributed by atoms with E-state index in [9.17, 15) is 4.79 Å². The van der Waals surface area contributed by atoms with Crippen LogP contribution in [0.4, 0.5) is 0 Å². The van der Waals surface area contributed by atoms with Crippen molar-refractivity contribution in [3.05, 3.63) is 41.3 Å². The molecule has 1 aliphatic rings. The molecular weight excluding hydrogens is 273 g/mol. The molecule has 1 aromatic carbocycles. The molecule has 0 amide bonds. The van der Waals surface area contributed by atoms with E-state index in [0.717, 1.165) is 12.0 Å². The fraction of sp³-hybridized carbons (Fsp3) is 0.429. The quantitative estimate of drug-likeness (QED) is 0.726. The summed E-state index contributed by atoms with van der Waals surface area (Å²) < 4.78 is 0. The molecule has 0 saturated heterocycles. The number of fused-ring (bicyclic) bond motifs is 1. The first-order valence-corrected chi connectivity index (χ1v) is 5.48. The fourth-order valence-corrected chi connectivity index (χ4v) is 2.34. The molecule has 83 valence electrons. The summed E-state index contributed by atoms with van der Waals surface area (Å²) in [6.45, 7) is 10.2. The molecule has 0 N–H and O–H groups in total. The Labute approximate surface area is 123 Å². The van der Waals surface area contributed by atoms with Crippen LogP contribution in [0.1, 0.15) is 34.0 Å². The predicted molar refractivity (Wildman–Crippen MR) is 62.0 cm³/mol. The Balaban J connectivity index is 0.00000128. The van der Waals surface area contributed by atoms with Crippen LogP contribution in [0.25, 0.3) is 0 Å². The molecule has 1 aromatic rings. The van der Waals surface area contributed by atoms with Gasteiger partial charge in [0.1, 0.15) is 0 Å². The van der Waals surface area contributed by atoms with E-state index in [2.05, 4.69) is 20.8 Å². The average molecular weight is 290 g/mol. The van der Waals surface area contributed by atoms with Crippen molar-refractivity contribution < 1.29 is 37.5 Å². The number of benzene rings is 1. The molecule has 16 heavy (non-hydrogen) atoms. The Kier molecular flexibility index (Phi) is 4.48. The first kappa shape index (κ1) is 14.1. The van der Waals surface area contributed by atoms with Gasteiger partial charge in [-0.3, -0.25) is 4.79 Å². The van der Waals surface area contributed by atoms with E-state index in [-0.39, 0.29) is 50.3 Å². The third-order valence-corrected chi connectivity index (χ3v) is 3.58. The zero-order valence-electron chi connectivity index (χ0n) is 10.2. The molecule has 0 heterocycles. The van der Waals surface area contributed by atoms with Crippen molar-refractivity contribution in [3.63, 3.8) is 0 Å². The molecule has 1 radical (unpaired) electrons. The van der Waals surface area contributed by atoms with Crippen LogP contribution in [0.15, 0.2) is 12.1 Å². The largest absolute Gasteiger partial charge is 0.340 e. The van der Waals surface area contributed by atoms with E-state index in [1.165, 1.54) is 16.7 Å². The third-order valence-electron chi connectivity index (χ3n) is 3.58. The van der Waals surface area contributed by atoms with Crippen LogP contribution in [-0.2, 0) is 39.1 Å². The number of hydrogen-bond acceptors (Lipinski definition) is 1. The van der Waals surface area contributed by atoms with Crippen LogP contribution in [0.3, 0.4) is 0 Å². The van der Waals surface area contributed by atoms with Crippen LogP contribution >= 0.6 is 0 Å². The predicted octanol–water partition coefficient (Wildman–Crippen LogP) is 3.13. The van der Waals surface area contributed by atoms with Crippen molar-refractivity contribution >= 4 is 5.78 Å². The van der Waals surface area contributed by atoms with Gasteiger partial charge in [-0.1, -0.05) is 19.1 Å². The number of carbonyl (C=O) groups excluding carboxylic acids is 1. The number of carbonyl (C=O) groups is 1. The second kappa shape index (κ2) is 5.10. The molecule has 0 saturated carbocycles. The van der Waals surface area contributed by atoms with Gasteiger partial charge in [0.05, 0.1) is 0 Å². The molecule has 2 unspecified atom stereocenters. The Hall–Kier alpha value is -0.00610. The van der Waals surface area contributed by atoms with E-state index in [1.807, 2.05) is 19.1 Å². The minimum atomic E-state index is 0. The van der Waals surface area contributed by atoms with Gasteiger partial charge >= 0.3 is 0 Å². The van der Waals surface area contributed by atoms with Gasteiger partial charge < -0.3 is 6.92 Å². The van der Waals surface area contributed by atoms with Crippen molar-refractivity contribution in [2.45, 2.75) is 27.2 Å². The second-order valence-electron chi connectivity index (χ2n) is 4.69. The maximum atomic E-state index is 12.1. The van der Waals surface area contributed by atoms with Crippen molar-refractivity contribution in [2.24, 2.45) is 11.8 Å². The van der Waals surface area contributed by atoms with Gasteiger partial charge in [0.15, 0.2) is 5.78 Å². The molecule has 2 rings (SSSR count). The van der Waals surface area contributed by atoms with Crippen molar-refractivity contribution in [3.8, 4) is 0 Å². The average Bonchev–Trinajstić information content (AvgIpc) is 2.51. The minimum Gasteiger partial charge on any atom is -0.340 e. The van der Waals surface area contributed by atoms with E-state index in [4.69, 9.17) is 0 Å². The molecule has 0 spiro atoms. The van der Waals surface area contributed by atoms with Gasteiger partial charge in [0.2, 0.25) is 0 Å². The number of hydrogen-bond donors (Lipinski definition) is 0. The minimum absolute atomic E-state index is 0. The number of Topliss-reactive ketones (excluding diaryl/α,β-unsaturated/α-hetero) is 1. The SMILES string of the molecule is [CH2-]C(C)C1Cc2c(ccc(C)c2C)C1=O.[Y]. The van der Waals surface area contributed by atoms with E-state index >= 15 is 0 Å². The molecular formula is C14H17OY-. The Bertz CT molecular complexity index is 421. The van der Waals surface area contributed by atoms with Gasteiger partial charge in [-0.25, -0.2) is 0 Å². The topological polar surface area (TPSA) is 17.1 Å². The Morgan fingerprint density at radius 1 is 1.38 bits per heavy atom. The van der Waals surface area contributed by atoms with E-state index in [1.54, 1.807) is 0 Å². The van der Waals surface area contributed by atoms with Gasteiger partial charge in [0, 0.05) is 44.2 Å². The van der Waals surface area contributed by atoms with Crippen molar-refractivity contribution in [1.29, 1.82) is 0 Å². The molecule has 0 fully saturated rings. The summed E-state index contributed by atoms with van der Waals surface area (Å²) in [6, 6.07) is 4.02. The molecule has 2 atom stereocenters. The van der Waals surface area contributed by atoms with Gasteiger partial charge in [-0.05, 0) is 37.0 Å². The summed E-state index contributed by atoms with van der Waals surface area (Å²) >= 11 is 0. The third kappa shape index (κ3) is 2.17. The summed E-state index contributed by atoms with van der Waals surface area (Å²) in [6.07, 6.45) is 0.881. The van der Waals surface area contributed by atoms with Crippen LogP contribution < -0.4 is 0 Å².